The topological polar surface area (TPSA) is 101 Å². The summed E-state index contributed by atoms with van der Waals surface area (Å²) in [6, 6.07) is -0.458. The maximum atomic E-state index is 11.9. The van der Waals surface area contributed by atoms with E-state index in [-0.39, 0.29) is 5.91 Å². The fourth-order valence-electron chi connectivity index (χ4n) is 2.03. The minimum Gasteiger partial charge on any atom is -0.381 e. The van der Waals surface area contributed by atoms with Crippen molar-refractivity contribution in [3.63, 3.8) is 0 Å². The molecule has 1 unspecified atom stereocenters. The summed E-state index contributed by atoms with van der Waals surface area (Å²) >= 11 is 4.15. The third kappa shape index (κ3) is 13.4. The Labute approximate surface area is 152 Å². The first-order valence-electron chi connectivity index (χ1n) is 8.76. The van der Waals surface area contributed by atoms with E-state index < -0.39 is 6.04 Å². The number of thiol groups is 1. The molecule has 0 saturated carbocycles. The minimum absolute atomic E-state index is 0.0808. The van der Waals surface area contributed by atoms with Crippen LogP contribution in [0.25, 0.3) is 0 Å². The average molecular weight is 362 g/mol. The number of aliphatic imine (C=N–C) groups is 1. The zero-order chi connectivity index (χ0) is 18.0. The lowest BCUT2D eigenvalue weighted by atomic mass is 10.1. The summed E-state index contributed by atoms with van der Waals surface area (Å²) in [7, 11) is 3.52. The molecule has 0 aromatic carbocycles. The number of unbranched alkanes of at least 4 members (excludes halogenated alkanes) is 2. The second-order valence-corrected chi connectivity index (χ2v) is 5.99. The summed E-state index contributed by atoms with van der Waals surface area (Å²) in [6.45, 7) is 2.92. The molecule has 0 heterocycles. The highest BCUT2D eigenvalue weighted by Crippen LogP contribution is 1.96. The number of guanidine groups is 1. The van der Waals surface area contributed by atoms with Crippen molar-refractivity contribution in [2.75, 3.05) is 46.2 Å². The lowest BCUT2D eigenvalue weighted by molar-refractivity contribution is -0.122. The molecule has 1 atom stereocenters. The Bertz CT molecular complexity index is 342. The van der Waals surface area contributed by atoms with Crippen LogP contribution in [0.5, 0.6) is 0 Å². The predicted octanol–water partition coefficient (Wildman–Crippen LogP) is 0.512. The van der Waals surface area contributed by atoms with Gasteiger partial charge in [0.2, 0.25) is 5.91 Å². The average Bonchev–Trinajstić information content (AvgIpc) is 2.60. The van der Waals surface area contributed by atoms with E-state index in [0.717, 1.165) is 63.6 Å². The van der Waals surface area contributed by atoms with Crippen LogP contribution in [0.15, 0.2) is 4.99 Å². The number of nitrogens with two attached hydrogens (primary N) is 1. The van der Waals surface area contributed by atoms with Crippen molar-refractivity contribution in [1.82, 2.24) is 16.0 Å². The molecule has 0 aromatic rings. The molecule has 142 valence electrons. The Kier molecular flexibility index (Phi) is 16.2. The van der Waals surface area contributed by atoms with Gasteiger partial charge in [-0.3, -0.25) is 9.79 Å². The van der Waals surface area contributed by atoms with Crippen LogP contribution in [0.1, 0.15) is 38.5 Å². The first-order valence-corrected chi connectivity index (χ1v) is 9.39. The van der Waals surface area contributed by atoms with Gasteiger partial charge in [-0.1, -0.05) is 0 Å². The number of hydrogen-bond acceptors (Lipinski definition) is 5. The molecule has 7 nitrogen and oxygen atoms in total. The molecular formula is C16H35N5O2S. The van der Waals surface area contributed by atoms with Gasteiger partial charge in [0.25, 0.3) is 0 Å². The van der Waals surface area contributed by atoms with Gasteiger partial charge in [-0.05, 0) is 44.3 Å². The van der Waals surface area contributed by atoms with E-state index in [4.69, 9.17) is 10.5 Å². The number of hydrogen-bond donors (Lipinski definition) is 5. The van der Waals surface area contributed by atoms with Crippen molar-refractivity contribution in [3.8, 4) is 0 Å². The predicted molar refractivity (Wildman–Crippen MR) is 104 cm³/mol. The third-order valence-corrected chi connectivity index (χ3v) is 3.81. The summed E-state index contributed by atoms with van der Waals surface area (Å²) < 4.78 is 5.50. The van der Waals surface area contributed by atoms with Crippen LogP contribution in [0.2, 0.25) is 0 Å². The molecule has 8 heteroatoms. The van der Waals surface area contributed by atoms with Crippen LogP contribution in [0.4, 0.5) is 0 Å². The smallest absolute Gasteiger partial charge is 0.236 e. The number of nitrogens with one attached hydrogen (secondary N) is 3. The van der Waals surface area contributed by atoms with Gasteiger partial charge < -0.3 is 26.4 Å². The molecule has 0 fully saturated rings. The van der Waals surface area contributed by atoms with Gasteiger partial charge in [0.15, 0.2) is 5.96 Å². The van der Waals surface area contributed by atoms with E-state index in [1.54, 1.807) is 7.05 Å². The molecular weight excluding hydrogens is 326 g/mol. The number of amides is 1. The second kappa shape index (κ2) is 16.9. The summed E-state index contributed by atoms with van der Waals surface area (Å²) in [6.07, 6.45) is 5.47. The number of carbonyl (C=O) groups is 1. The summed E-state index contributed by atoms with van der Waals surface area (Å²) in [5.74, 6) is 1.57. The molecule has 0 bridgehead atoms. The summed E-state index contributed by atoms with van der Waals surface area (Å²) in [4.78, 5) is 15.9. The Morgan fingerprint density at radius 3 is 2.42 bits per heavy atom. The lowest BCUT2D eigenvalue weighted by Gasteiger charge is -2.13. The molecule has 0 aliphatic heterocycles. The fraction of sp³-hybridized carbons (Fsp3) is 0.875. The zero-order valence-electron chi connectivity index (χ0n) is 15.1. The van der Waals surface area contributed by atoms with Crippen molar-refractivity contribution < 1.29 is 9.53 Å². The summed E-state index contributed by atoms with van der Waals surface area (Å²) in [5.41, 5.74) is 5.89. The molecule has 0 radical (unpaired) electrons. The first kappa shape index (κ1) is 23.0. The summed E-state index contributed by atoms with van der Waals surface area (Å²) in [5, 5.41) is 8.95. The monoisotopic (exact) mass is 361 g/mol. The van der Waals surface area contributed by atoms with Crippen LogP contribution in [-0.2, 0) is 9.53 Å². The Morgan fingerprint density at radius 1 is 1.12 bits per heavy atom. The highest BCUT2D eigenvalue weighted by molar-refractivity contribution is 7.80. The van der Waals surface area contributed by atoms with Crippen molar-refractivity contribution in [1.29, 1.82) is 0 Å². The van der Waals surface area contributed by atoms with Crippen molar-refractivity contribution >= 4 is 24.5 Å². The SMILES string of the molecule is CN=C(NC)NCCCC(N)C(=O)NCCCCOCCCCS. The van der Waals surface area contributed by atoms with E-state index in [9.17, 15) is 4.79 Å². The molecule has 1 amide bonds. The third-order valence-electron chi connectivity index (χ3n) is 3.49. The largest absolute Gasteiger partial charge is 0.381 e. The number of nitrogens with zero attached hydrogens (tertiary/aromatic N) is 1. The Hall–Kier alpha value is -0.990. The molecule has 0 spiro atoms. The van der Waals surface area contributed by atoms with Gasteiger partial charge in [0.1, 0.15) is 0 Å². The quantitative estimate of drug-likeness (QED) is 0.134. The van der Waals surface area contributed by atoms with Gasteiger partial charge in [-0.15, -0.1) is 0 Å². The van der Waals surface area contributed by atoms with Gasteiger partial charge in [-0.25, -0.2) is 0 Å². The van der Waals surface area contributed by atoms with E-state index in [1.165, 1.54) is 0 Å². The highest BCUT2D eigenvalue weighted by atomic mass is 32.1. The molecule has 0 saturated heterocycles. The van der Waals surface area contributed by atoms with Crippen molar-refractivity contribution in [3.05, 3.63) is 0 Å². The van der Waals surface area contributed by atoms with E-state index in [0.29, 0.717) is 13.0 Å². The van der Waals surface area contributed by atoms with Crippen LogP contribution >= 0.6 is 12.6 Å². The Morgan fingerprint density at radius 2 is 1.79 bits per heavy atom. The fourth-order valence-corrected chi connectivity index (χ4v) is 2.25. The Balaban J connectivity index is 3.49. The zero-order valence-corrected chi connectivity index (χ0v) is 16.0. The number of ether oxygens (including phenoxy) is 1. The molecule has 0 aromatic heterocycles. The van der Waals surface area contributed by atoms with Crippen LogP contribution in [0, 0.1) is 0 Å². The van der Waals surface area contributed by atoms with Crippen molar-refractivity contribution in [2.45, 2.75) is 44.6 Å². The molecule has 5 N–H and O–H groups in total. The highest BCUT2D eigenvalue weighted by Gasteiger charge is 2.12. The van der Waals surface area contributed by atoms with Crippen molar-refractivity contribution in [2.24, 2.45) is 10.7 Å². The standard InChI is InChI=1S/C16H35N5O2S/c1-18-16(19-2)21-10-7-8-14(17)15(22)20-9-3-4-11-23-12-5-6-13-24/h14,24H,3-13,17H2,1-2H3,(H,20,22)(H2,18,19,21). The maximum absolute atomic E-state index is 11.9. The number of rotatable bonds is 14. The lowest BCUT2D eigenvalue weighted by Crippen LogP contribution is -2.42. The molecule has 0 aliphatic rings. The van der Waals surface area contributed by atoms with Crippen LogP contribution in [0.3, 0.4) is 0 Å². The van der Waals surface area contributed by atoms with Gasteiger partial charge in [-0.2, -0.15) is 12.6 Å². The van der Waals surface area contributed by atoms with Gasteiger partial charge >= 0.3 is 0 Å². The van der Waals surface area contributed by atoms with Crippen LogP contribution < -0.4 is 21.7 Å². The molecule has 24 heavy (non-hydrogen) atoms. The molecule has 0 aliphatic carbocycles. The van der Waals surface area contributed by atoms with E-state index >= 15 is 0 Å². The maximum Gasteiger partial charge on any atom is 0.236 e. The van der Waals surface area contributed by atoms with Crippen LogP contribution in [-0.4, -0.2) is 64.1 Å². The van der Waals surface area contributed by atoms with Gasteiger partial charge in [0, 0.05) is 40.4 Å². The molecule has 0 rings (SSSR count). The first-order chi connectivity index (χ1) is 11.7. The normalized spacial score (nSPS) is 12.8. The van der Waals surface area contributed by atoms with E-state index in [2.05, 4.69) is 33.6 Å². The minimum atomic E-state index is -0.458. The number of carbonyl (C=O) groups excluding carboxylic acids is 1. The van der Waals surface area contributed by atoms with Gasteiger partial charge in [0.05, 0.1) is 6.04 Å². The van der Waals surface area contributed by atoms with E-state index in [1.807, 2.05) is 7.05 Å². The second-order valence-electron chi connectivity index (χ2n) is 5.54.